The lowest BCUT2D eigenvalue weighted by molar-refractivity contribution is -0.123. The normalized spacial score (nSPS) is 18.2. The molecule has 0 atom stereocenters. The van der Waals surface area contributed by atoms with Crippen molar-refractivity contribution in [2.24, 2.45) is 0 Å². The minimum absolute atomic E-state index is 0.103. The van der Waals surface area contributed by atoms with Gasteiger partial charge in [-0.2, -0.15) is 5.10 Å². The van der Waals surface area contributed by atoms with Crippen molar-refractivity contribution < 1.29 is 9.53 Å². The van der Waals surface area contributed by atoms with Gasteiger partial charge < -0.3 is 9.64 Å². The van der Waals surface area contributed by atoms with Crippen LogP contribution in [0.2, 0.25) is 0 Å². The molecule has 23 heavy (non-hydrogen) atoms. The van der Waals surface area contributed by atoms with Gasteiger partial charge in [0.05, 0.1) is 19.2 Å². The van der Waals surface area contributed by atoms with Gasteiger partial charge in [-0.1, -0.05) is 0 Å². The molecule has 1 fully saturated rings. The molecular formula is C17H22N4O2. The third kappa shape index (κ3) is 3.22. The van der Waals surface area contributed by atoms with Gasteiger partial charge in [-0.05, 0) is 44.2 Å². The number of carbonyl (C=O) groups is 1. The molecule has 2 aromatic rings. The Morgan fingerprint density at radius 2 is 2.00 bits per heavy atom. The summed E-state index contributed by atoms with van der Waals surface area (Å²) >= 11 is 0. The van der Waals surface area contributed by atoms with Crippen molar-refractivity contribution in [1.29, 1.82) is 0 Å². The highest BCUT2D eigenvalue weighted by Gasteiger charge is 2.39. The monoisotopic (exact) mass is 314 g/mol. The van der Waals surface area contributed by atoms with Crippen LogP contribution in [-0.4, -0.2) is 46.7 Å². The van der Waals surface area contributed by atoms with Crippen molar-refractivity contribution in [1.82, 2.24) is 15.1 Å². The average Bonchev–Trinajstić information content (AvgIpc) is 2.99. The molecule has 1 amide bonds. The molecule has 0 aliphatic carbocycles. The third-order valence-corrected chi connectivity index (χ3v) is 4.11. The zero-order valence-electron chi connectivity index (χ0n) is 13.7. The van der Waals surface area contributed by atoms with Crippen molar-refractivity contribution in [2.45, 2.75) is 25.9 Å². The van der Waals surface area contributed by atoms with Gasteiger partial charge in [0.25, 0.3) is 0 Å². The van der Waals surface area contributed by atoms with E-state index in [4.69, 9.17) is 4.74 Å². The number of methoxy groups -OCH3 is 1. The Morgan fingerprint density at radius 3 is 2.57 bits per heavy atom. The molecule has 6 nitrogen and oxygen atoms in total. The van der Waals surface area contributed by atoms with Crippen molar-refractivity contribution >= 4 is 11.6 Å². The summed E-state index contributed by atoms with van der Waals surface area (Å²) in [6.45, 7) is 6.08. The van der Waals surface area contributed by atoms with Crippen molar-refractivity contribution in [3.05, 3.63) is 42.2 Å². The number of nitrogens with one attached hydrogen (secondary N) is 1. The van der Waals surface area contributed by atoms with Gasteiger partial charge in [0.15, 0.2) is 0 Å². The maximum atomic E-state index is 12.7. The van der Waals surface area contributed by atoms with Crippen molar-refractivity contribution in [3.8, 4) is 5.75 Å². The Hall–Kier alpha value is -2.34. The second-order valence-electron chi connectivity index (χ2n) is 6.47. The Morgan fingerprint density at radius 1 is 1.26 bits per heavy atom. The van der Waals surface area contributed by atoms with Crippen LogP contribution in [0.15, 0.2) is 36.5 Å². The summed E-state index contributed by atoms with van der Waals surface area (Å²) in [5.74, 6) is 0.891. The van der Waals surface area contributed by atoms with Crippen LogP contribution < -0.4 is 9.64 Å². The van der Waals surface area contributed by atoms with Crippen LogP contribution in [0.4, 0.5) is 5.69 Å². The minimum atomic E-state index is -0.288. The molecular weight excluding hydrogens is 292 g/mol. The van der Waals surface area contributed by atoms with Gasteiger partial charge in [0, 0.05) is 30.7 Å². The highest BCUT2D eigenvalue weighted by molar-refractivity contribution is 5.97. The van der Waals surface area contributed by atoms with Gasteiger partial charge in [-0.3, -0.25) is 14.8 Å². The fourth-order valence-corrected chi connectivity index (χ4v) is 3.22. The number of amides is 1. The van der Waals surface area contributed by atoms with E-state index in [9.17, 15) is 4.79 Å². The van der Waals surface area contributed by atoms with Gasteiger partial charge >= 0.3 is 0 Å². The van der Waals surface area contributed by atoms with Crippen molar-refractivity contribution in [2.75, 3.05) is 25.1 Å². The summed E-state index contributed by atoms with van der Waals surface area (Å²) in [6, 6.07) is 9.57. The SMILES string of the molecule is COc1ccc(N2C(=O)CN(Cc3ccn[nH]3)CC2(C)C)cc1. The number of anilines is 1. The molecule has 0 radical (unpaired) electrons. The van der Waals surface area contributed by atoms with E-state index in [0.29, 0.717) is 13.1 Å². The lowest BCUT2D eigenvalue weighted by atomic mass is 9.97. The third-order valence-electron chi connectivity index (χ3n) is 4.11. The molecule has 0 bridgehead atoms. The number of nitrogens with zero attached hydrogens (tertiary/aromatic N) is 3. The number of carbonyl (C=O) groups excluding carboxylic acids is 1. The van der Waals surface area contributed by atoms with Crippen LogP contribution in [0, 0.1) is 0 Å². The quantitative estimate of drug-likeness (QED) is 0.938. The van der Waals surface area contributed by atoms with E-state index < -0.39 is 0 Å². The minimum Gasteiger partial charge on any atom is -0.497 e. The Kier molecular flexibility index (Phi) is 4.09. The lowest BCUT2D eigenvalue weighted by Crippen LogP contribution is -2.62. The van der Waals surface area contributed by atoms with Crippen LogP contribution in [0.25, 0.3) is 0 Å². The van der Waals surface area contributed by atoms with E-state index in [-0.39, 0.29) is 11.4 Å². The fourth-order valence-electron chi connectivity index (χ4n) is 3.22. The number of piperazine rings is 1. The zero-order chi connectivity index (χ0) is 16.4. The second kappa shape index (κ2) is 6.04. The van der Waals surface area contributed by atoms with E-state index in [2.05, 4.69) is 28.9 Å². The maximum absolute atomic E-state index is 12.7. The number of H-pyrrole nitrogens is 1. The molecule has 0 spiro atoms. The van der Waals surface area contributed by atoms with E-state index in [1.807, 2.05) is 35.2 Å². The second-order valence-corrected chi connectivity index (χ2v) is 6.47. The largest absolute Gasteiger partial charge is 0.497 e. The van der Waals surface area contributed by atoms with Crippen LogP contribution in [0.1, 0.15) is 19.5 Å². The highest BCUT2D eigenvalue weighted by Crippen LogP contribution is 2.30. The van der Waals surface area contributed by atoms with Crippen LogP contribution in [-0.2, 0) is 11.3 Å². The predicted molar refractivity (Wildman–Crippen MR) is 88.4 cm³/mol. The van der Waals surface area contributed by atoms with E-state index in [1.54, 1.807) is 13.3 Å². The molecule has 2 heterocycles. The standard InChI is InChI=1S/C17H22N4O2/c1-17(2)12-20(10-13-8-9-18-19-13)11-16(22)21(17)14-4-6-15(23-3)7-5-14/h4-9H,10-12H2,1-3H3,(H,18,19). The Balaban J connectivity index is 1.78. The number of ether oxygens (including phenoxy) is 1. The molecule has 6 heteroatoms. The summed E-state index contributed by atoms with van der Waals surface area (Å²) in [7, 11) is 1.64. The van der Waals surface area contributed by atoms with Crippen LogP contribution in [0.3, 0.4) is 0 Å². The summed E-state index contributed by atoms with van der Waals surface area (Å²) < 4.78 is 5.19. The lowest BCUT2D eigenvalue weighted by Gasteiger charge is -2.46. The molecule has 1 aromatic carbocycles. The molecule has 1 aliphatic rings. The summed E-state index contributed by atoms with van der Waals surface area (Å²) in [5, 5.41) is 6.91. The number of aromatic nitrogens is 2. The first-order valence-corrected chi connectivity index (χ1v) is 7.67. The number of hydrogen-bond donors (Lipinski definition) is 1. The van der Waals surface area contributed by atoms with Crippen LogP contribution >= 0.6 is 0 Å². The number of aromatic amines is 1. The molecule has 0 unspecified atom stereocenters. The number of rotatable bonds is 4. The van der Waals surface area contributed by atoms with Gasteiger partial charge in [0.1, 0.15) is 5.75 Å². The van der Waals surface area contributed by atoms with Crippen LogP contribution in [0.5, 0.6) is 5.75 Å². The summed E-state index contributed by atoms with van der Waals surface area (Å²) in [4.78, 5) is 16.8. The molecule has 122 valence electrons. The fraction of sp³-hybridized carbons (Fsp3) is 0.412. The zero-order valence-corrected chi connectivity index (χ0v) is 13.7. The van der Waals surface area contributed by atoms with E-state index in [1.165, 1.54) is 0 Å². The first kappa shape index (κ1) is 15.6. The first-order chi connectivity index (χ1) is 11.0. The average molecular weight is 314 g/mol. The topological polar surface area (TPSA) is 61.5 Å². The van der Waals surface area contributed by atoms with Gasteiger partial charge in [0.2, 0.25) is 5.91 Å². The summed E-state index contributed by atoms with van der Waals surface area (Å²) in [6.07, 6.45) is 1.73. The molecule has 1 aliphatic heterocycles. The maximum Gasteiger partial charge on any atom is 0.241 e. The Bertz CT molecular complexity index is 664. The molecule has 1 aromatic heterocycles. The summed E-state index contributed by atoms with van der Waals surface area (Å²) in [5.41, 5.74) is 1.64. The molecule has 3 rings (SSSR count). The number of benzene rings is 1. The smallest absolute Gasteiger partial charge is 0.241 e. The van der Waals surface area contributed by atoms with Crippen molar-refractivity contribution in [3.63, 3.8) is 0 Å². The highest BCUT2D eigenvalue weighted by atomic mass is 16.5. The molecule has 0 saturated carbocycles. The first-order valence-electron chi connectivity index (χ1n) is 7.67. The number of hydrogen-bond acceptors (Lipinski definition) is 4. The van der Waals surface area contributed by atoms with Gasteiger partial charge in [-0.15, -0.1) is 0 Å². The van der Waals surface area contributed by atoms with E-state index in [0.717, 1.165) is 23.7 Å². The van der Waals surface area contributed by atoms with E-state index >= 15 is 0 Å². The molecule has 1 N–H and O–H groups in total. The Labute approximate surface area is 136 Å². The van der Waals surface area contributed by atoms with Gasteiger partial charge in [-0.25, -0.2) is 0 Å². The molecule has 1 saturated heterocycles. The predicted octanol–water partition coefficient (Wildman–Crippen LogP) is 2.05.